The molecule has 0 aliphatic rings. The van der Waals surface area contributed by atoms with Gasteiger partial charge in [-0.05, 0) is 32.4 Å². The first kappa shape index (κ1) is 14.3. The largest absolute Gasteiger partial charge is 0.374 e. The smallest absolute Gasteiger partial charge is 0.0439 e. The number of nitrogens with zero attached hydrogens (tertiary/aromatic N) is 1. The van der Waals surface area contributed by atoms with Crippen LogP contribution in [0.25, 0.3) is 5.70 Å². The van der Waals surface area contributed by atoms with Gasteiger partial charge in [0.25, 0.3) is 0 Å². The summed E-state index contributed by atoms with van der Waals surface area (Å²) < 4.78 is 0. The Bertz CT molecular complexity index is 452. The molecule has 0 aliphatic carbocycles. The van der Waals surface area contributed by atoms with E-state index in [2.05, 4.69) is 68.3 Å². The summed E-state index contributed by atoms with van der Waals surface area (Å²) in [6.45, 7) is 7.34. The maximum atomic E-state index is 2.27. The molecule has 0 spiro atoms. The number of rotatable bonds is 5. The molecule has 0 unspecified atom stereocenters. The van der Waals surface area contributed by atoms with E-state index in [-0.39, 0.29) is 0 Å². The molecule has 0 radical (unpaired) electrons. The van der Waals surface area contributed by atoms with Gasteiger partial charge in [0.15, 0.2) is 0 Å². The Morgan fingerprint density at radius 1 is 1.17 bits per heavy atom. The fraction of sp³-hybridized carbons (Fsp3) is 0.294. The van der Waals surface area contributed by atoms with Crippen molar-refractivity contribution in [2.75, 3.05) is 13.6 Å². The maximum absolute atomic E-state index is 2.27. The second-order valence-corrected chi connectivity index (χ2v) is 4.29. The molecule has 0 aromatic heterocycles. The summed E-state index contributed by atoms with van der Waals surface area (Å²) in [7, 11) is 2.13. The van der Waals surface area contributed by atoms with Gasteiger partial charge in [0.05, 0.1) is 0 Å². The second kappa shape index (κ2) is 7.54. The van der Waals surface area contributed by atoms with Crippen molar-refractivity contribution < 1.29 is 0 Å². The second-order valence-electron chi connectivity index (χ2n) is 4.29. The van der Waals surface area contributed by atoms with E-state index < -0.39 is 0 Å². The summed E-state index contributed by atoms with van der Waals surface area (Å²) >= 11 is 0. The van der Waals surface area contributed by atoms with Gasteiger partial charge in [0.1, 0.15) is 0 Å². The zero-order valence-electron chi connectivity index (χ0n) is 11.9. The molecule has 1 aromatic rings. The van der Waals surface area contributed by atoms with E-state index in [0.717, 1.165) is 6.54 Å². The highest BCUT2D eigenvalue weighted by atomic mass is 15.1. The van der Waals surface area contributed by atoms with Crippen molar-refractivity contribution in [3.63, 3.8) is 0 Å². The third-order valence-corrected chi connectivity index (χ3v) is 2.98. The van der Waals surface area contributed by atoms with E-state index in [9.17, 15) is 0 Å². The zero-order chi connectivity index (χ0) is 13.4. The zero-order valence-corrected chi connectivity index (χ0v) is 11.9. The minimum Gasteiger partial charge on any atom is -0.374 e. The van der Waals surface area contributed by atoms with Crippen molar-refractivity contribution in [3.8, 4) is 0 Å². The molecule has 18 heavy (non-hydrogen) atoms. The van der Waals surface area contributed by atoms with Crippen LogP contribution < -0.4 is 0 Å². The summed E-state index contributed by atoms with van der Waals surface area (Å²) in [4.78, 5) is 2.27. The molecule has 1 heteroatoms. The van der Waals surface area contributed by atoms with Crippen LogP contribution >= 0.6 is 0 Å². The Morgan fingerprint density at radius 3 is 2.50 bits per heavy atom. The number of aryl methyl sites for hydroxylation is 1. The molecule has 0 aliphatic heterocycles. The summed E-state index contributed by atoms with van der Waals surface area (Å²) in [6, 6.07) is 8.51. The van der Waals surface area contributed by atoms with Crippen LogP contribution in [0.5, 0.6) is 0 Å². The first-order valence-corrected chi connectivity index (χ1v) is 6.47. The van der Waals surface area contributed by atoms with Crippen molar-refractivity contribution in [3.05, 3.63) is 65.8 Å². The molecule has 0 amide bonds. The average molecular weight is 241 g/mol. The van der Waals surface area contributed by atoms with Crippen LogP contribution in [-0.4, -0.2) is 18.5 Å². The van der Waals surface area contributed by atoms with Crippen molar-refractivity contribution in [2.24, 2.45) is 0 Å². The highest BCUT2D eigenvalue weighted by Crippen LogP contribution is 2.21. The van der Waals surface area contributed by atoms with E-state index in [1.165, 1.54) is 16.8 Å². The van der Waals surface area contributed by atoms with Gasteiger partial charge in [-0.15, -0.1) is 0 Å². The number of benzene rings is 1. The third kappa shape index (κ3) is 3.92. The van der Waals surface area contributed by atoms with E-state index in [1.54, 1.807) is 0 Å². The molecular weight excluding hydrogens is 218 g/mol. The fourth-order valence-electron chi connectivity index (χ4n) is 1.78. The highest BCUT2D eigenvalue weighted by Gasteiger charge is 2.06. The molecule has 0 fully saturated rings. The minimum atomic E-state index is 0.998. The lowest BCUT2D eigenvalue weighted by atomic mass is 10.0. The Hall–Kier alpha value is -1.76. The predicted octanol–water partition coefficient (Wildman–Crippen LogP) is 4.42. The molecular formula is C17H23N. The Kier molecular flexibility index (Phi) is 5.99. The van der Waals surface area contributed by atoms with Gasteiger partial charge in [-0.1, -0.05) is 48.6 Å². The molecule has 96 valence electrons. The normalized spacial score (nSPS) is 12.6. The molecule has 0 heterocycles. The van der Waals surface area contributed by atoms with Gasteiger partial charge in [-0.2, -0.15) is 0 Å². The monoisotopic (exact) mass is 241 g/mol. The maximum Gasteiger partial charge on any atom is 0.0439 e. The SMILES string of the molecule is C\C=C/C=C\C=C(/c1ccccc1C)N(C)CC. The summed E-state index contributed by atoms with van der Waals surface area (Å²) in [5, 5.41) is 0. The summed E-state index contributed by atoms with van der Waals surface area (Å²) in [5.41, 5.74) is 3.87. The standard InChI is InChI=1S/C17H23N/c1-5-7-8-9-14-17(18(4)6-2)16-13-11-10-12-15(16)3/h5,7-14H,6H2,1-4H3/b7-5-,9-8-,17-14+. The Labute approximate surface area is 111 Å². The lowest BCUT2D eigenvalue weighted by Gasteiger charge is -2.22. The van der Waals surface area contributed by atoms with E-state index >= 15 is 0 Å². The molecule has 0 saturated heterocycles. The van der Waals surface area contributed by atoms with Crippen LogP contribution in [0, 0.1) is 6.92 Å². The van der Waals surface area contributed by atoms with Crippen LogP contribution in [0.15, 0.2) is 54.6 Å². The van der Waals surface area contributed by atoms with Crippen LogP contribution in [0.1, 0.15) is 25.0 Å². The molecule has 0 bridgehead atoms. The summed E-state index contributed by atoms with van der Waals surface area (Å²) in [6.07, 6.45) is 10.4. The van der Waals surface area contributed by atoms with Gasteiger partial charge >= 0.3 is 0 Å². The third-order valence-electron chi connectivity index (χ3n) is 2.98. The molecule has 1 rings (SSSR count). The van der Waals surface area contributed by atoms with E-state index in [4.69, 9.17) is 0 Å². The van der Waals surface area contributed by atoms with Crippen LogP contribution in [0.4, 0.5) is 0 Å². The first-order chi connectivity index (χ1) is 8.70. The number of hydrogen-bond donors (Lipinski definition) is 0. The molecule has 1 aromatic carbocycles. The predicted molar refractivity (Wildman–Crippen MR) is 81.4 cm³/mol. The fourth-order valence-corrected chi connectivity index (χ4v) is 1.78. The number of hydrogen-bond acceptors (Lipinski definition) is 1. The van der Waals surface area contributed by atoms with Gasteiger partial charge in [0, 0.05) is 24.9 Å². The number of allylic oxidation sites excluding steroid dienone is 5. The molecule has 0 saturated carbocycles. The highest BCUT2D eigenvalue weighted by molar-refractivity contribution is 5.68. The summed E-state index contributed by atoms with van der Waals surface area (Å²) in [5.74, 6) is 0. The molecule has 0 N–H and O–H groups in total. The quantitative estimate of drug-likeness (QED) is 0.690. The van der Waals surface area contributed by atoms with Gasteiger partial charge in [0.2, 0.25) is 0 Å². The topological polar surface area (TPSA) is 3.24 Å². The van der Waals surface area contributed by atoms with Crippen molar-refractivity contribution in [2.45, 2.75) is 20.8 Å². The van der Waals surface area contributed by atoms with E-state index in [1.807, 2.05) is 19.1 Å². The van der Waals surface area contributed by atoms with Gasteiger partial charge < -0.3 is 4.90 Å². The van der Waals surface area contributed by atoms with Crippen LogP contribution in [0.2, 0.25) is 0 Å². The lowest BCUT2D eigenvalue weighted by molar-refractivity contribution is 0.508. The van der Waals surface area contributed by atoms with Crippen molar-refractivity contribution in [1.29, 1.82) is 0 Å². The van der Waals surface area contributed by atoms with Gasteiger partial charge in [-0.3, -0.25) is 0 Å². The minimum absolute atomic E-state index is 0.998. The average Bonchev–Trinajstić information content (AvgIpc) is 2.39. The van der Waals surface area contributed by atoms with Crippen LogP contribution in [-0.2, 0) is 0 Å². The van der Waals surface area contributed by atoms with Crippen molar-refractivity contribution in [1.82, 2.24) is 4.90 Å². The first-order valence-electron chi connectivity index (χ1n) is 6.47. The van der Waals surface area contributed by atoms with E-state index in [0.29, 0.717) is 0 Å². The van der Waals surface area contributed by atoms with Crippen molar-refractivity contribution >= 4 is 5.70 Å². The Morgan fingerprint density at radius 2 is 1.89 bits per heavy atom. The lowest BCUT2D eigenvalue weighted by Crippen LogP contribution is -2.16. The molecule has 0 atom stereocenters. The molecule has 1 nitrogen and oxygen atoms in total. The van der Waals surface area contributed by atoms with Gasteiger partial charge in [-0.25, -0.2) is 0 Å². The Balaban J connectivity index is 3.10. The van der Waals surface area contributed by atoms with Crippen LogP contribution in [0.3, 0.4) is 0 Å².